The number of hydrogen-bond donors (Lipinski definition) is 2. The van der Waals surface area contributed by atoms with E-state index in [0.717, 1.165) is 6.07 Å². The molecule has 1 heterocycles. The van der Waals surface area contributed by atoms with Crippen molar-refractivity contribution in [1.82, 2.24) is 10.9 Å². The van der Waals surface area contributed by atoms with E-state index in [1.807, 2.05) is 6.92 Å². The van der Waals surface area contributed by atoms with Crippen LogP contribution in [0.4, 0.5) is 13.2 Å². The van der Waals surface area contributed by atoms with E-state index in [-0.39, 0.29) is 36.2 Å². The second-order valence-electron chi connectivity index (χ2n) is 4.40. The van der Waals surface area contributed by atoms with Gasteiger partial charge in [0.05, 0.1) is 12.2 Å². The second-order valence-corrected chi connectivity index (χ2v) is 4.40. The van der Waals surface area contributed by atoms with Gasteiger partial charge in [0.15, 0.2) is 0 Å². The number of alkyl halides is 3. The monoisotopic (exact) mass is 301 g/mol. The number of nitrogens with one attached hydrogen (secondary N) is 2. The average Bonchev–Trinajstić information content (AvgIpc) is 2.45. The first-order valence-electron chi connectivity index (χ1n) is 6.35. The van der Waals surface area contributed by atoms with Crippen molar-refractivity contribution in [2.75, 3.05) is 13.2 Å². The average molecular weight is 301 g/mol. The van der Waals surface area contributed by atoms with Crippen LogP contribution in [0.3, 0.4) is 0 Å². The summed E-state index contributed by atoms with van der Waals surface area (Å²) in [7, 11) is 0. The number of halogens is 3. The molecule has 114 valence electrons. The number of amidine groups is 1. The Morgan fingerprint density at radius 1 is 1.33 bits per heavy atom. The van der Waals surface area contributed by atoms with Crippen molar-refractivity contribution >= 4 is 11.7 Å². The number of hydrogen-bond acceptors (Lipinski definition) is 4. The molecule has 0 atom stereocenters. The van der Waals surface area contributed by atoms with Crippen molar-refractivity contribution in [2.45, 2.75) is 19.5 Å². The molecule has 2 rings (SSSR count). The van der Waals surface area contributed by atoms with Crippen LogP contribution < -0.4 is 15.6 Å². The van der Waals surface area contributed by atoms with Gasteiger partial charge in [0.25, 0.3) is 5.91 Å². The van der Waals surface area contributed by atoms with Gasteiger partial charge >= 0.3 is 6.18 Å². The molecule has 0 aromatic heterocycles. The van der Waals surface area contributed by atoms with Crippen molar-refractivity contribution < 1.29 is 22.7 Å². The zero-order chi connectivity index (χ0) is 15.5. The Morgan fingerprint density at radius 2 is 2.10 bits per heavy atom. The lowest BCUT2D eigenvalue weighted by Gasteiger charge is -2.18. The maximum Gasteiger partial charge on any atom is 0.419 e. The van der Waals surface area contributed by atoms with Crippen LogP contribution in [-0.4, -0.2) is 24.9 Å². The van der Waals surface area contributed by atoms with E-state index >= 15 is 0 Å². The SMILES string of the molecule is CCCOc1ccc(C2=NCC(=O)NN2)cc1C(F)(F)F. The molecule has 1 aromatic rings. The van der Waals surface area contributed by atoms with Crippen molar-refractivity contribution in [2.24, 2.45) is 4.99 Å². The van der Waals surface area contributed by atoms with Crippen LogP contribution >= 0.6 is 0 Å². The first-order chi connectivity index (χ1) is 9.91. The first kappa shape index (κ1) is 15.1. The van der Waals surface area contributed by atoms with E-state index in [9.17, 15) is 18.0 Å². The summed E-state index contributed by atoms with van der Waals surface area (Å²) in [5, 5.41) is 0. The fraction of sp³-hybridized carbons (Fsp3) is 0.385. The highest BCUT2D eigenvalue weighted by molar-refractivity contribution is 6.02. The van der Waals surface area contributed by atoms with Crippen LogP contribution in [0.25, 0.3) is 0 Å². The van der Waals surface area contributed by atoms with Gasteiger partial charge in [0.1, 0.15) is 18.1 Å². The molecule has 1 aliphatic heterocycles. The molecule has 5 nitrogen and oxygen atoms in total. The topological polar surface area (TPSA) is 62.7 Å². The summed E-state index contributed by atoms with van der Waals surface area (Å²) in [4.78, 5) is 14.8. The molecule has 21 heavy (non-hydrogen) atoms. The molecule has 1 aliphatic rings. The summed E-state index contributed by atoms with van der Waals surface area (Å²) in [6, 6.07) is 3.67. The van der Waals surface area contributed by atoms with Crippen molar-refractivity contribution in [1.29, 1.82) is 0 Å². The van der Waals surface area contributed by atoms with Crippen LogP contribution in [0.2, 0.25) is 0 Å². The highest BCUT2D eigenvalue weighted by Crippen LogP contribution is 2.37. The fourth-order valence-corrected chi connectivity index (χ4v) is 1.76. The molecule has 0 saturated heterocycles. The van der Waals surface area contributed by atoms with E-state index in [0.29, 0.717) is 6.42 Å². The van der Waals surface area contributed by atoms with Gasteiger partial charge in [0.2, 0.25) is 0 Å². The summed E-state index contributed by atoms with van der Waals surface area (Å²) in [5.74, 6) is -0.381. The number of carbonyl (C=O) groups excluding carboxylic acids is 1. The number of hydrazine groups is 1. The molecule has 2 N–H and O–H groups in total. The zero-order valence-corrected chi connectivity index (χ0v) is 11.3. The molecule has 1 aromatic carbocycles. The van der Waals surface area contributed by atoms with E-state index in [1.165, 1.54) is 12.1 Å². The lowest BCUT2D eigenvalue weighted by Crippen LogP contribution is -2.47. The highest BCUT2D eigenvalue weighted by Gasteiger charge is 2.35. The molecular weight excluding hydrogens is 287 g/mol. The maximum absolute atomic E-state index is 13.1. The first-order valence-corrected chi connectivity index (χ1v) is 6.35. The van der Waals surface area contributed by atoms with E-state index < -0.39 is 11.7 Å². The van der Waals surface area contributed by atoms with Gasteiger partial charge < -0.3 is 4.74 Å². The third-order valence-electron chi connectivity index (χ3n) is 2.72. The number of nitrogens with zero attached hydrogens (tertiary/aromatic N) is 1. The van der Waals surface area contributed by atoms with Crippen LogP contribution in [0, 0.1) is 0 Å². The quantitative estimate of drug-likeness (QED) is 0.892. The number of benzene rings is 1. The molecule has 0 unspecified atom stereocenters. The standard InChI is InChI=1S/C13H14F3N3O2/c1-2-5-21-10-4-3-8(6-9(10)13(14,15)16)12-17-7-11(20)18-19-12/h3-4,6H,2,5,7H2,1H3,(H,17,19)(H,18,20). The predicted molar refractivity (Wildman–Crippen MR) is 69.9 cm³/mol. The molecule has 8 heteroatoms. The molecular formula is C13H14F3N3O2. The molecule has 0 fully saturated rings. The Balaban J connectivity index is 2.35. The maximum atomic E-state index is 13.1. The van der Waals surface area contributed by atoms with Crippen LogP contribution in [-0.2, 0) is 11.0 Å². The molecule has 0 aliphatic carbocycles. The number of ether oxygens (including phenoxy) is 1. The third-order valence-corrected chi connectivity index (χ3v) is 2.72. The summed E-state index contributed by atoms with van der Waals surface area (Å²) in [6.45, 7) is 1.89. The summed E-state index contributed by atoms with van der Waals surface area (Å²) < 4.78 is 44.3. The number of aliphatic imine (C=N–C) groups is 1. The van der Waals surface area contributed by atoms with Crippen LogP contribution in [0.5, 0.6) is 5.75 Å². The fourth-order valence-electron chi connectivity index (χ4n) is 1.76. The lowest BCUT2D eigenvalue weighted by molar-refractivity contribution is -0.139. The van der Waals surface area contributed by atoms with E-state index in [1.54, 1.807) is 0 Å². The van der Waals surface area contributed by atoms with E-state index in [4.69, 9.17) is 4.74 Å². The van der Waals surface area contributed by atoms with Crippen molar-refractivity contribution in [3.63, 3.8) is 0 Å². The van der Waals surface area contributed by atoms with Crippen molar-refractivity contribution in [3.8, 4) is 5.75 Å². The molecule has 0 radical (unpaired) electrons. The smallest absolute Gasteiger partial charge is 0.419 e. The predicted octanol–water partition coefficient (Wildman–Crippen LogP) is 1.88. The number of rotatable bonds is 4. The Hall–Kier alpha value is -2.25. The van der Waals surface area contributed by atoms with Gasteiger partial charge in [-0.3, -0.25) is 20.6 Å². The summed E-state index contributed by atoms with van der Waals surface area (Å²) in [6.07, 6.45) is -3.92. The minimum atomic E-state index is -4.53. The van der Waals surface area contributed by atoms with E-state index in [2.05, 4.69) is 15.8 Å². The van der Waals surface area contributed by atoms with Gasteiger partial charge in [-0.1, -0.05) is 6.92 Å². The van der Waals surface area contributed by atoms with Gasteiger partial charge in [-0.15, -0.1) is 0 Å². The van der Waals surface area contributed by atoms with Crippen molar-refractivity contribution in [3.05, 3.63) is 29.3 Å². The minimum Gasteiger partial charge on any atom is -0.493 e. The third kappa shape index (κ3) is 3.65. The minimum absolute atomic E-state index is 0.127. The van der Waals surface area contributed by atoms with Crippen LogP contribution in [0.15, 0.2) is 23.2 Å². The number of amides is 1. The summed E-state index contributed by atoms with van der Waals surface area (Å²) >= 11 is 0. The van der Waals surface area contributed by atoms with Crippen LogP contribution in [0.1, 0.15) is 24.5 Å². The Labute approximate surface area is 119 Å². The molecule has 0 spiro atoms. The van der Waals surface area contributed by atoms with Gasteiger partial charge in [-0.25, -0.2) is 0 Å². The second kappa shape index (κ2) is 6.02. The highest BCUT2D eigenvalue weighted by atomic mass is 19.4. The zero-order valence-electron chi connectivity index (χ0n) is 11.3. The molecule has 1 amide bonds. The Morgan fingerprint density at radius 3 is 2.67 bits per heavy atom. The Kier molecular flexibility index (Phi) is 4.35. The largest absolute Gasteiger partial charge is 0.493 e. The number of carbonyl (C=O) groups is 1. The van der Waals surface area contributed by atoms with Gasteiger partial charge in [-0.2, -0.15) is 13.2 Å². The van der Waals surface area contributed by atoms with Gasteiger partial charge in [-0.05, 0) is 24.6 Å². The Bertz CT molecular complexity index is 570. The summed E-state index contributed by atoms with van der Waals surface area (Å²) in [5.41, 5.74) is 4.14. The lowest BCUT2D eigenvalue weighted by atomic mass is 10.1. The molecule has 0 saturated carbocycles. The normalized spacial score (nSPS) is 15.0. The van der Waals surface area contributed by atoms with Gasteiger partial charge in [0, 0.05) is 5.56 Å². The molecule has 0 bridgehead atoms.